The van der Waals surface area contributed by atoms with Gasteiger partial charge in [-0.15, -0.1) is 0 Å². The van der Waals surface area contributed by atoms with Crippen LogP contribution in [0.15, 0.2) is 59.6 Å². The van der Waals surface area contributed by atoms with E-state index in [-0.39, 0.29) is 5.41 Å². The van der Waals surface area contributed by atoms with Crippen LogP contribution in [0, 0.1) is 0 Å². The van der Waals surface area contributed by atoms with Crippen LogP contribution in [0.3, 0.4) is 0 Å². The molecule has 0 heterocycles. The molecule has 0 unspecified atom stereocenters. The average molecular weight is 313 g/mol. The molecule has 0 saturated heterocycles. The highest BCUT2D eigenvalue weighted by molar-refractivity contribution is 6.30. The van der Waals surface area contributed by atoms with Crippen LogP contribution in [0.4, 0.5) is 5.69 Å². The fourth-order valence-corrected chi connectivity index (χ4v) is 2.10. The van der Waals surface area contributed by atoms with E-state index in [1.165, 1.54) is 5.56 Å². The zero-order valence-corrected chi connectivity index (χ0v) is 13.9. The lowest BCUT2D eigenvalue weighted by Crippen LogP contribution is -2.10. The Hall–Kier alpha value is -2.06. The Morgan fingerprint density at radius 3 is 2.14 bits per heavy atom. The van der Waals surface area contributed by atoms with E-state index in [4.69, 9.17) is 17.3 Å². The van der Waals surface area contributed by atoms with Crippen LogP contribution in [-0.2, 0) is 5.41 Å². The lowest BCUT2D eigenvalue weighted by molar-refractivity contribution is 0.590. The van der Waals surface area contributed by atoms with E-state index in [1.54, 1.807) is 18.2 Å². The van der Waals surface area contributed by atoms with E-state index < -0.39 is 0 Å². The minimum atomic E-state index is 0.164. The summed E-state index contributed by atoms with van der Waals surface area (Å²) in [6.07, 6.45) is 3.77. The first-order chi connectivity index (χ1) is 10.3. The molecule has 2 rings (SSSR count). The highest BCUT2D eigenvalue weighted by Crippen LogP contribution is 2.22. The Morgan fingerprint density at radius 2 is 1.59 bits per heavy atom. The van der Waals surface area contributed by atoms with E-state index in [0.717, 1.165) is 11.3 Å². The maximum absolute atomic E-state index is 5.92. The van der Waals surface area contributed by atoms with Crippen molar-refractivity contribution in [3.05, 3.63) is 70.8 Å². The van der Waals surface area contributed by atoms with E-state index >= 15 is 0 Å². The lowest BCUT2D eigenvalue weighted by Gasteiger charge is -2.18. The number of nitrogens with two attached hydrogens (primary N) is 1. The average Bonchev–Trinajstić information content (AvgIpc) is 2.47. The smallest absolute Gasteiger partial charge is 0.124 e. The number of hydrogen-bond donors (Lipinski definition) is 1. The molecular weight excluding hydrogens is 292 g/mol. The molecule has 3 heteroatoms. The van der Waals surface area contributed by atoms with Crippen molar-refractivity contribution in [1.82, 2.24) is 0 Å². The van der Waals surface area contributed by atoms with Gasteiger partial charge in [-0.3, -0.25) is 0 Å². The largest absolute Gasteiger partial charge is 0.384 e. The van der Waals surface area contributed by atoms with Gasteiger partial charge in [0, 0.05) is 5.02 Å². The van der Waals surface area contributed by atoms with Gasteiger partial charge in [0.1, 0.15) is 5.84 Å². The summed E-state index contributed by atoms with van der Waals surface area (Å²) < 4.78 is 0. The van der Waals surface area contributed by atoms with Crippen molar-refractivity contribution in [1.29, 1.82) is 0 Å². The topological polar surface area (TPSA) is 38.4 Å². The van der Waals surface area contributed by atoms with Crippen molar-refractivity contribution in [2.24, 2.45) is 10.7 Å². The third-order valence-corrected chi connectivity index (χ3v) is 3.56. The van der Waals surface area contributed by atoms with Gasteiger partial charge in [0.25, 0.3) is 0 Å². The number of halogens is 1. The zero-order chi connectivity index (χ0) is 16.2. The second-order valence-electron chi connectivity index (χ2n) is 6.22. The van der Waals surface area contributed by atoms with Crippen LogP contribution in [0.5, 0.6) is 0 Å². The van der Waals surface area contributed by atoms with Gasteiger partial charge in [0.15, 0.2) is 0 Å². The van der Waals surface area contributed by atoms with Crippen molar-refractivity contribution < 1.29 is 0 Å². The first-order valence-electron chi connectivity index (χ1n) is 7.23. The van der Waals surface area contributed by atoms with Crippen molar-refractivity contribution in [3.63, 3.8) is 0 Å². The second-order valence-corrected chi connectivity index (χ2v) is 6.65. The molecule has 0 aromatic heterocycles. The van der Waals surface area contributed by atoms with Crippen molar-refractivity contribution in [2.75, 3.05) is 0 Å². The Kier molecular flexibility index (Phi) is 5.04. The molecule has 0 atom stereocenters. The minimum absolute atomic E-state index is 0.164. The molecule has 0 fully saturated rings. The monoisotopic (exact) mass is 312 g/mol. The second kappa shape index (κ2) is 6.80. The number of hydrogen-bond acceptors (Lipinski definition) is 1. The first-order valence-corrected chi connectivity index (χ1v) is 7.61. The molecule has 0 saturated carbocycles. The van der Waals surface area contributed by atoms with Gasteiger partial charge in [-0.1, -0.05) is 62.7 Å². The summed E-state index contributed by atoms with van der Waals surface area (Å²) in [7, 11) is 0. The van der Waals surface area contributed by atoms with E-state index in [0.29, 0.717) is 10.9 Å². The van der Waals surface area contributed by atoms with Crippen molar-refractivity contribution >= 4 is 29.2 Å². The van der Waals surface area contributed by atoms with Crippen LogP contribution in [0.1, 0.15) is 31.9 Å². The maximum Gasteiger partial charge on any atom is 0.124 e. The highest BCUT2D eigenvalue weighted by atomic mass is 35.5. The van der Waals surface area contributed by atoms with Gasteiger partial charge >= 0.3 is 0 Å². The molecule has 0 aliphatic carbocycles. The van der Waals surface area contributed by atoms with E-state index in [9.17, 15) is 0 Å². The van der Waals surface area contributed by atoms with Gasteiger partial charge in [0.05, 0.1) is 5.69 Å². The predicted molar refractivity (Wildman–Crippen MR) is 96.9 cm³/mol. The zero-order valence-electron chi connectivity index (χ0n) is 13.2. The molecule has 0 spiro atoms. The quantitative estimate of drug-likeness (QED) is 0.603. The number of aliphatic imine (C=N–C) groups is 1. The third kappa shape index (κ3) is 4.74. The van der Waals surface area contributed by atoms with Crippen LogP contribution < -0.4 is 5.73 Å². The summed E-state index contributed by atoms with van der Waals surface area (Å²) in [4.78, 5) is 4.32. The summed E-state index contributed by atoms with van der Waals surface area (Å²) in [5, 5.41) is 0.687. The molecule has 0 bridgehead atoms. The summed E-state index contributed by atoms with van der Waals surface area (Å²) in [5.74, 6) is 0.460. The fraction of sp³-hybridized carbons (Fsp3) is 0.211. The molecule has 0 aliphatic heterocycles. The molecule has 2 N–H and O–H groups in total. The SMILES string of the molecule is CC(C)(C)c1ccc(C=CC(N)=Nc2ccc(Cl)cc2)cc1. The summed E-state index contributed by atoms with van der Waals surface area (Å²) in [6, 6.07) is 15.7. The molecule has 0 radical (unpaired) electrons. The predicted octanol–water partition coefficient (Wildman–Crippen LogP) is 5.34. The highest BCUT2D eigenvalue weighted by Gasteiger charge is 2.12. The Morgan fingerprint density at radius 1 is 1.00 bits per heavy atom. The van der Waals surface area contributed by atoms with Gasteiger partial charge in [-0.2, -0.15) is 0 Å². The minimum Gasteiger partial charge on any atom is -0.384 e. The summed E-state index contributed by atoms with van der Waals surface area (Å²) in [5.41, 5.74) is 9.28. The molecule has 0 amide bonds. The van der Waals surface area contributed by atoms with Gasteiger partial charge < -0.3 is 5.73 Å². The van der Waals surface area contributed by atoms with E-state index in [2.05, 4.69) is 50.0 Å². The fourth-order valence-electron chi connectivity index (χ4n) is 1.98. The molecule has 22 heavy (non-hydrogen) atoms. The lowest BCUT2D eigenvalue weighted by atomic mass is 9.87. The molecule has 114 valence electrons. The molecule has 0 aliphatic rings. The maximum atomic E-state index is 5.92. The van der Waals surface area contributed by atoms with Crippen LogP contribution >= 0.6 is 11.6 Å². The molecular formula is C19H21ClN2. The molecule has 2 aromatic rings. The van der Waals surface area contributed by atoms with Gasteiger partial charge in [-0.25, -0.2) is 4.99 Å². The van der Waals surface area contributed by atoms with Crippen molar-refractivity contribution in [2.45, 2.75) is 26.2 Å². The third-order valence-electron chi connectivity index (χ3n) is 3.31. The number of amidine groups is 1. The molecule has 2 aromatic carbocycles. The summed E-state index contributed by atoms with van der Waals surface area (Å²) >= 11 is 5.84. The first kappa shape index (κ1) is 16.3. The Balaban J connectivity index is 2.09. The number of benzene rings is 2. The van der Waals surface area contributed by atoms with E-state index in [1.807, 2.05) is 18.2 Å². The van der Waals surface area contributed by atoms with Crippen molar-refractivity contribution in [3.8, 4) is 0 Å². The van der Waals surface area contributed by atoms with Gasteiger partial charge in [0.2, 0.25) is 0 Å². The van der Waals surface area contributed by atoms with Crippen LogP contribution in [0.2, 0.25) is 5.02 Å². The van der Waals surface area contributed by atoms with Crippen LogP contribution in [0.25, 0.3) is 6.08 Å². The Labute approximate surface area is 137 Å². The number of rotatable bonds is 3. The standard InChI is InChI=1S/C19H21ClN2/c1-19(2,3)15-7-4-14(5-8-15)6-13-18(21)22-17-11-9-16(20)10-12-17/h4-13H,1-3H3,(H2,21,22). The van der Waals surface area contributed by atoms with Crippen LogP contribution in [-0.4, -0.2) is 5.84 Å². The Bertz CT molecular complexity index is 675. The number of nitrogens with zero attached hydrogens (tertiary/aromatic N) is 1. The van der Waals surface area contributed by atoms with Gasteiger partial charge in [-0.05, 0) is 46.9 Å². The normalized spacial score (nSPS) is 12.8. The summed E-state index contributed by atoms with van der Waals surface area (Å²) in [6.45, 7) is 6.61. The molecule has 2 nitrogen and oxygen atoms in total.